The lowest BCUT2D eigenvalue weighted by atomic mass is 9.95. The number of nitrogens with one attached hydrogen (secondary N) is 2. The zero-order valence-corrected chi connectivity index (χ0v) is 13.6. The summed E-state index contributed by atoms with van der Waals surface area (Å²) in [5.74, 6) is 0.297. The van der Waals surface area contributed by atoms with Gasteiger partial charge >= 0.3 is 12.0 Å². The van der Waals surface area contributed by atoms with Crippen LogP contribution in [0, 0.1) is 0 Å². The molecule has 0 fully saturated rings. The lowest BCUT2D eigenvalue weighted by molar-refractivity contribution is -0.139. The van der Waals surface area contributed by atoms with E-state index in [0.29, 0.717) is 23.6 Å². The van der Waals surface area contributed by atoms with Crippen molar-refractivity contribution in [2.45, 2.75) is 32.7 Å². The molecule has 2 amide bonds. The van der Waals surface area contributed by atoms with Crippen molar-refractivity contribution in [3.05, 3.63) is 41.1 Å². The molecule has 0 unspecified atom stereocenters. The molecule has 0 bridgehead atoms. The number of carbonyl (C=O) groups excluding carboxylic acids is 2. The average Bonchev–Trinajstić information content (AvgIpc) is 2.54. The molecule has 1 aromatic carbocycles. The summed E-state index contributed by atoms with van der Waals surface area (Å²) in [5, 5.41) is 5.40. The van der Waals surface area contributed by atoms with Gasteiger partial charge in [-0.3, -0.25) is 0 Å². The molecular formula is C17H22N2O4. The third-order valence-electron chi connectivity index (χ3n) is 3.67. The van der Waals surface area contributed by atoms with Gasteiger partial charge in [0, 0.05) is 5.70 Å². The van der Waals surface area contributed by atoms with Crippen LogP contribution in [0.5, 0.6) is 5.75 Å². The van der Waals surface area contributed by atoms with Crippen molar-refractivity contribution >= 4 is 12.0 Å². The van der Waals surface area contributed by atoms with E-state index in [9.17, 15) is 9.59 Å². The molecule has 0 saturated heterocycles. The largest absolute Gasteiger partial charge is 0.497 e. The van der Waals surface area contributed by atoms with E-state index in [4.69, 9.17) is 9.47 Å². The number of methoxy groups -OCH3 is 1. The van der Waals surface area contributed by atoms with Gasteiger partial charge in [0.25, 0.3) is 0 Å². The minimum Gasteiger partial charge on any atom is -0.497 e. The first kappa shape index (κ1) is 16.9. The molecule has 6 heteroatoms. The van der Waals surface area contributed by atoms with Crippen LogP contribution in [-0.2, 0) is 9.53 Å². The highest BCUT2D eigenvalue weighted by Gasteiger charge is 2.32. The predicted octanol–water partition coefficient (Wildman–Crippen LogP) is 2.67. The van der Waals surface area contributed by atoms with Gasteiger partial charge in [-0.15, -0.1) is 0 Å². The Kier molecular flexibility index (Phi) is 5.62. The van der Waals surface area contributed by atoms with Crippen LogP contribution in [0.1, 0.15) is 38.3 Å². The molecule has 1 atom stereocenters. The number of esters is 1. The quantitative estimate of drug-likeness (QED) is 0.624. The lowest BCUT2D eigenvalue weighted by Crippen LogP contribution is -2.45. The molecule has 2 rings (SSSR count). The molecular weight excluding hydrogens is 296 g/mol. The highest BCUT2D eigenvalue weighted by atomic mass is 16.5. The first-order valence-electron chi connectivity index (χ1n) is 7.66. The Morgan fingerprint density at radius 1 is 1.26 bits per heavy atom. The minimum absolute atomic E-state index is 0.339. The number of unbranched alkanes of at least 4 members (excludes halogenated alkanes) is 1. The van der Waals surface area contributed by atoms with E-state index in [1.54, 1.807) is 26.2 Å². The van der Waals surface area contributed by atoms with Crippen LogP contribution >= 0.6 is 0 Å². The summed E-state index contributed by atoms with van der Waals surface area (Å²) in [7, 11) is 1.59. The fourth-order valence-corrected chi connectivity index (χ4v) is 2.40. The van der Waals surface area contributed by atoms with Crippen LogP contribution in [0.25, 0.3) is 0 Å². The number of allylic oxidation sites excluding steroid dienone is 1. The zero-order chi connectivity index (χ0) is 16.8. The predicted molar refractivity (Wildman–Crippen MR) is 86.0 cm³/mol. The Hall–Kier alpha value is -2.50. The number of benzene rings is 1. The molecule has 1 aliphatic heterocycles. The van der Waals surface area contributed by atoms with Gasteiger partial charge in [-0.1, -0.05) is 25.5 Å². The number of urea groups is 1. The van der Waals surface area contributed by atoms with E-state index in [1.807, 2.05) is 19.1 Å². The van der Waals surface area contributed by atoms with Crippen LogP contribution in [0.4, 0.5) is 4.79 Å². The second-order valence-corrected chi connectivity index (χ2v) is 5.33. The van der Waals surface area contributed by atoms with Gasteiger partial charge in [-0.2, -0.15) is 0 Å². The Balaban J connectivity index is 2.27. The summed E-state index contributed by atoms with van der Waals surface area (Å²) >= 11 is 0. The Bertz CT molecular complexity index is 608. The Morgan fingerprint density at radius 2 is 1.96 bits per heavy atom. The van der Waals surface area contributed by atoms with Crippen LogP contribution < -0.4 is 15.4 Å². The van der Waals surface area contributed by atoms with Gasteiger partial charge in [-0.05, 0) is 31.0 Å². The number of amides is 2. The molecule has 0 aromatic heterocycles. The van der Waals surface area contributed by atoms with Gasteiger partial charge in [0.15, 0.2) is 0 Å². The molecule has 1 aromatic rings. The van der Waals surface area contributed by atoms with E-state index >= 15 is 0 Å². The van der Waals surface area contributed by atoms with Crippen LogP contribution in [0.15, 0.2) is 35.5 Å². The van der Waals surface area contributed by atoms with Crippen LogP contribution in [0.2, 0.25) is 0 Å². The molecule has 0 spiro atoms. The van der Waals surface area contributed by atoms with Crippen molar-refractivity contribution in [2.24, 2.45) is 0 Å². The summed E-state index contributed by atoms with van der Waals surface area (Å²) in [6.45, 7) is 4.10. The standard InChI is InChI=1S/C17H22N2O4/c1-4-5-10-23-16(20)14-11(2)18-17(21)19-15(14)12-6-8-13(22-3)9-7-12/h6-9,15H,4-5,10H2,1-3H3,(H2,18,19,21)/t15-/m1/s1. The van der Waals surface area contributed by atoms with E-state index < -0.39 is 12.0 Å². The summed E-state index contributed by atoms with van der Waals surface area (Å²) in [4.78, 5) is 24.2. The second-order valence-electron chi connectivity index (χ2n) is 5.33. The Morgan fingerprint density at radius 3 is 2.57 bits per heavy atom. The third-order valence-corrected chi connectivity index (χ3v) is 3.67. The molecule has 6 nitrogen and oxygen atoms in total. The summed E-state index contributed by atoms with van der Waals surface area (Å²) < 4.78 is 10.4. The topological polar surface area (TPSA) is 76.7 Å². The summed E-state index contributed by atoms with van der Waals surface area (Å²) in [5.41, 5.74) is 1.73. The van der Waals surface area contributed by atoms with E-state index in [0.717, 1.165) is 18.4 Å². The fraction of sp³-hybridized carbons (Fsp3) is 0.412. The maximum atomic E-state index is 12.4. The lowest BCUT2D eigenvalue weighted by Gasteiger charge is -2.28. The first-order chi connectivity index (χ1) is 11.1. The van der Waals surface area contributed by atoms with Crippen molar-refractivity contribution in [3.63, 3.8) is 0 Å². The van der Waals surface area contributed by atoms with Gasteiger partial charge in [0.1, 0.15) is 5.75 Å². The maximum Gasteiger partial charge on any atom is 0.338 e. The van der Waals surface area contributed by atoms with E-state index in [2.05, 4.69) is 10.6 Å². The van der Waals surface area contributed by atoms with Crippen molar-refractivity contribution in [2.75, 3.05) is 13.7 Å². The fourth-order valence-electron chi connectivity index (χ4n) is 2.40. The minimum atomic E-state index is -0.538. The Labute approximate surface area is 135 Å². The number of rotatable bonds is 6. The highest BCUT2D eigenvalue weighted by molar-refractivity contribution is 5.95. The van der Waals surface area contributed by atoms with Crippen LogP contribution in [0.3, 0.4) is 0 Å². The van der Waals surface area contributed by atoms with Crippen LogP contribution in [-0.4, -0.2) is 25.7 Å². The monoisotopic (exact) mass is 318 g/mol. The number of carbonyl (C=O) groups is 2. The summed E-state index contributed by atoms with van der Waals surface area (Å²) in [6.07, 6.45) is 1.76. The maximum absolute atomic E-state index is 12.4. The van der Waals surface area contributed by atoms with Gasteiger partial charge in [0.2, 0.25) is 0 Å². The second kappa shape index (κ2) is 7.67. The molecule has 124 valence electrons. The van der Waals surface area contributed by atoms with Gasteiger partial charge in [-0.25, -0.2) is 9.59 Å². The molecule has 0 aliphatic carbocycles. The van der Waals surface area contributed by atoms with Crippen molar-refractivity contribution in [3.8, 4) is 5.75 Å². The molecule has 0 saturated carbocycles. The number of hydrogen-bond acceptors (Lipinski definition) is 4. The van der Waals surface area contributed by atoms with E-state index in [-0.39, 0.29) is 6.03 Å². The molecule has 1 aliphatic rings. The number of ether oxygens (including phenoxy) is 2. The first-order valence-corrected chi connectivity index (χ1v) is 7.66. The molecule has 0 radical (unpaired) electrons. The van der Waals surface area contributed by atoms with E-state index in [1.165, 1.54) is 0 Å². The van der Waals surface area contributed by atoms with Crippen molar-refractivity contribution in [1.29, 1.82) is 0 Å². The zero-order valence-electron chi connectivity index (χ0n) is 13.6. The normalized spacial score (nSPS) is 17.3. The smallest absolute Gasteiger partial charge is 0.338 e. The van der Waals surface area contributed by atoms with Crippen molar-refractivity contribution in [1.82, 2.24) is 10.6 Å². The molecule has 23 heavy (non-hydrogen) atoms. The number of hydrogen-bond donors (Lipinski definition) is 2. The highest BCUT2D eigenvalue weighted by Crippen LogP contribution is 2.28. The average molecular weight is 318 g/mol. The van der Waals surface area contributed by atoms with Gasteiger partial charge < -0.3 is 20.1 Å². The third kappa shape index (κ3) is 4.03. The molecule has 1 heterocycles. The van der Waals surface area contributed by atoms with Gasteiger partial charge in [0.05, 0.1) is 25.3 Å². The summed E-state index contributed by atoms with van der Waals surface area (Å²) in [6, 6.07) is 6.35. The van der Waals surface area contributed by atoms with Crippen molar-refractivity contribution < 1.29 is 19.1 Å². The SMILES string of the molecule is CCCCOC(=O)C1=C(C)NC(=O)N[C@@H]1c1ccc(OC)cc1. The molecule has 2 N–H and O–H groups in total.